The van der Waals surface area contributed by atoms with Crippen molar-refractivity contribution in [2.24, 2.45) is 0 Å². The van der Waals surface area contributed by atoms with Crippen molar-refractivity contribution in [2.75, 3.05) is 6.54 Å². The Labute approximate surface area is 172 Å². The topological polar surface area (TPSA) is 104 Å². The highest BCUT2D eigenvalue weighted by Crippen LogP contribution is 2.25. The Morgan fingerprint density at radius 2 is 1.79 bits per heavy atom. The highest BCUT2D eigenvalue weighted by atomic mass is 32.2. The molecule has 29 heavy (non-hydrogen) atoms. The number of hydrogen-bond donors (Lipinski definition) is 2. The van der Waals surface area contributed by atoms with E-state index in [2.05, 4.69) is 10.6 Å². The molecule has 2 N–H and O–H groups in total. The van der Waals surface area contributed by atoms with E-state index in [9.17, 15) is 14.4 Å². The summed E-state index contributed by atoms with van der Waals surface area (Å²) in [5.74, 6) is -0.129. The molecule has 2 unspecified atom stereocenters. The Kier molecular flexibility index (Phi) is 5.82. The third kappa shape index (κ3) is 5.16. The summed E-state index contributed by atoms with van der Waals surface area (Å²) in [5.41, 5.74) is 1.83. The first-order valence-corrected chi connectivity index (χ1v) is 10.2. The number of hydrogen-bond acceptors (Lipinski definition) is 7. The van der Waals surface area contributed by atoms with Gasteiger partial charge in [0.15, 0.2) is 0 Å². The molecule has 2 aromatic carbocycles. The van der Waals surface area contributed by atoms with E-state index in [1.165, 1.54) is 0 Å². The van der Waals surface area contributed by atoms with E-state index in [1.807, 2.05) is 42.5 Å². The second-order valence-corrected chi connectivity index (χ2v) is 8.05. The minimum absolute atomic E-state index is 0.0671. The second-order valence-electron chi connectivity index (χ2n) is 6.88. The van der Waals surface area contributed by atoms with Gasteiger partial charge in [-0.25, -0.2) is 4.79 Å². The van der Waals surface area contributed by atoms with E-state index in [-0.39, 0.29) is 23.8 Å². The number of nitrogens with one attached hydrogen (secondary N) is 2. The van der Waals surface area contributed by atoms with Crippen molar-refractivity contribution in [1.29, 1.82) is 0 Å². The van der Waals surface area contributed by atoms with Crippen LogP contribution < -0.4 is 15.4 Å². The molecule has 7 nitrogen and oxygen atoms in total. The Morgan fingerprint density at radius 3 is 2.41 bits per heavy atom. The average Bonchev–Trinajstić information content (AvgIpc) is 3.51. The lowest BCUT2D eigenvalue weighted by Gasteiger charge is -2.17. The Morgan fingerprint density at radius 1 is 1.07 bits per heavy atom. The molecule has 2 amide bonds. The van der Waals surface area contributed by atoms with Crippen LogP contribution >= 0.6 is 11.8 Å². The van der Waals surface area contributed by atoms with Gasteiger partial charge in [-0.2, -0.15) is 0 Å². The van der Waals surface area contributed by atoms with E-state index in [4.69, 9.17) is 9.47 Å². The minimum Gasteiger partial charge on any atom is -0.477 e. The van der Waals surface area contributed by atoms with Gasteiger partial charge in [0.2, 0.25) is 12.0 Å². The number of imide groups is 1. The standard InChI is InChI=1S/C21H20N2O5S/c24-19-17(29-21(26)23-19)10-13-6-8-15(9-7-13)28-18(16-11-22-16)20(25)27-12-14-4-2-1-3-5-14/h1-9,16-18,22H,10-12H2,(H,23,24,26)/t16-,17?,18?/m0/s1. The molecule has 4 rings (SSSR count). The molecule has 2 aliphatic rings. The Balaban J connectivity index is 1.34. The lowest BCUT2D eigenvalue weighted by molar-refractivity contribution is -0.153. The van der Waals surface area contributed by atoms with Crippen LogP contribution in [-0.4, -0.2) is 41.1 Å². The number of carbonyl (C=O) groups excluding carboxylic acids is 3. The maximum Gasteiger partial charge on any atom is 0.349 e. The quantitative estimate of drug-likeness (QED) is 0.505. The van der Waals surface area contributed by atoms with Gasteiger partial charge in [0.1, 0.15) is 12.4 Å². The number of thioether (sulfide) groups is 1. The number of carbonyl (C=O) groups is 3. The van der Waals surface area contributed by atoms with E-state index < -0.39 is 17.3 Å². The number of rotatable bonds is 8. The SMILES string of the molecule is O=C1NC(=O)C(Cc2ccc(OC(C(=O)OCc3ccccc3)[C@@H]3CN3)cc2)S1. The van der Waals surface area contributed by atoms with Gasteiger partial charge < -0.3 is 14.8 Å². The van der Waals surface area contributed by atoms with Gasteiger partial charge in [-0.05, 0) is 29.7 Å². The molecule has 0 bridgehead atoms. The first kappa shape index (κ1) is 19.5. The van der Waals surface area contributed by atoms with Gasteiger partial charge in [-0.15, -0.1) is 0 Å². The predicted octanol–water partition coefficient (Wildman–Crippen LogP) is 2.04. The zero-order valence-electron chi connectivity index (χ0n) is 15.5. The van der Waals surface area contributed by atoms with Gasteiger partial charge in [0.25, 0.3) is 5.24 Å². The van der Waals surface area contributed by atoms with Crippen molar-refractivity contribution in [1.82, 2.24) is 10.6 Å². The molecule has 2 saturated heterocycles. The number of esters is 1. The van der Waals surface area contributed by atoms with Crippen LogP contribution in [-0.2, 0) is 27.4 Å². The van der Waals surface area contributed by atoms with Crippen LogP contribution in [0.25, 0.3) is 0 Å². The van der Waals surface area contributed by atoms with Gasteiger partial charge in [-0.1, -0.05) is 54.2 Å². The lowest BCUT2D eigenvalue weighted by Crippen LogP contribution is -2.35. The molecule has 2 fully saturated rings. The molecular formula is C21H20N2O5S. The van der Waals surface area contributed by atoms with Crippen LogP contribution in [0.2, 0.25) is 0 Å². The van der Waals surface area contributed by atoms with Crippen LogP contribution in [0.5, 0.6) is 5.75 Å². The number of benzene rings is 2. The van der Waals surface area contributed by atoms with E-state index in [0.717, 1.165) is 22.9 Å². The van der Waals surface area contributed by atoms with Crippen molar-refractivity contribution in [3.63, 3.8) is 0 Å². The molecule has 150 valence electrons. The van der Waals surface area contributed by atoms with Gasteiger partial charge in [0, 0.05) is 6.54 Å². The first-order chi connectivity index (χ1) is 14.1. The maximum atomic E-state index is 12.5. The highest BCUT2D eigenvalue weighted by Gasteiger charge is 2.39. The molecule has 0 aromatic heterocycles. The number of ether oxygens (including phenoxy) is 2. The van der Waals surface area contributed by atoms with Crippen molar-refractivity contribution < 1.29 is 23.9 Å². The molecule has 0 aliphatic carbocycles. The Bertz CT molecular complexity index is 899. The summed E-state index contributed by atoms with van der Waals surface area (Å²) in [6.45, 7) is 0.899. The number of amides is 2. The zero-order valence-corrected chi connectivity index (χ0v) is 16.3. The second kappa shape index (κ2) is 8.67. The third-order valence-corrected chi connectivity index (χ3v) is 5.62. The molecule has 0 radical (unpaired) electrons. The molecule has 2 aromatic rings. The van der Waals surface area contributed by atoms with Crippen LogP contribution in [0, 0.1) is 0 Å². The van der Waals surface area contributed by atoms with Gasteiger partial charge in [-0.3, -0.25) is 14.9 Å². The molecule has 2 aliphatic heterocycles. The first-order valence-electron chi connectivity index (χ1n) is 9.29. The molecular weight excluding hydrogens is 392 g/mol. The summed E-state index contributed by atoms with van der Waals surface area (Å²) in [7, 11) is 0. The fourth-order valence-electron chi connectivity index (χ4n) is 2.98. The smallest absolute Gasteiger partial charge is 0.349 e. The highest BCUT2D eigenvalue weighted by molar-refractivity contribution is 8.15. The molecule has 0 spiro atoms. The summed E-state index contributed by atoms with van der Waals surface area (Å²) in [4.78, 5) is 35.5. The normalized spacial score (nSPS) is 21.4. The summed E-state index contributed by atoms with van der Waals surface area (Å²) < 4.78 is 11.3. The molecule has 2 heterocycles. The van der Waals surface area contributed by atoms with Gasteiger partial charge in [0.05, 0.1) is 11.3 Å². The predicted molar refractivity (Wildman–Crippen MR) is 108 cm³/mol. The van der Waals surface area contributed by atoms with Gasteiger partial charge >= 0.3 is 5.97 Å². The molecule has 0 saturated carbocycles. The van der Waals surface area contributed by atoms with Crippen LogP contribution in [0.15, 0.2) is 54.6 Å². The minimum atomic E-state index is -0.724. The lowest BCUT2D eigenvalue weighted by atomic mass is 10.1. The van der Waals surface area contributed by atoms with Crippen molar-refractivity contribution >= 4 is 28.9 Å². The average molecular weight is 412 g/mol. The van der Waals surface area contributed by atoms with E-state index >= 15 is 0 Å². The summed E-state index contributed by atoms with van der Waals surface area (Å²) in [5, 5.41) is 4.66. The zero-order chi connectivity index (χ0) is 20.2. The Hall–Kier alpha value is -2.84. The monoisotopic (exact) mass is 412 g/mol. The van der Waals surface area contributed by atoms with Crippen molar-refractivity contribution in [3.8, 4) is 5.75 Å². The summed E-state index contributed by atoms with van der Waals surface area (Å²) >= 11 is 1.00. The third-order valence-electron chi connectivity index (χ3n) is 4.64. The van der Waals surface area contributed by atoms with E-state index in [1.54, 1.807) is 12.1 Å². The molecule has 3 atom stereocenters. The summed E-state index contributed by atoms with van der Waals surface area (Å²) in [6, 6.07) is 16.6. The van der Waals surface area contributed by atoms with Crippen LogP contribution in [0.4, 0.5) is 4.79 Å². The summed E-state index contributed by atoms with van der Waals surface area (Å²) in [6.07, 6.45) is -0.270. The van der Waals surface area contributed by atoms with Crippen molar-refractivity contribution in [3.05, 3.63) is 65.7 Å². The largest absolute Gasteiger partial charge is 0.477 e. The van der Waals surface area contributed by atoms with E-state index in [0.29, 0.717) is 18.7 Å². The fourth-order valence-corrected chi connectivity index (χ4v) is 3.84. The van der Waals surface area contributed by atoms with Crippen LogP contribution in [0.3, 0.4) is 0 Å². The van der Waals surface area contributed by atoms with Crippen LogP contribution in [0.1, 0.15) is 11.1 Å². The maximum absolute atomic E-state index is 12.5. The molecule has 8 heteroatoms. The fraction of sp³-hybridized carbons (Fsp3) is 0.286. The van der Waals surface area contributed by atoms with Crippen molar-refractivity contribution in [2.45, 2.75) is 30.4 Å².